The minimum Gasteiger partial charge on any atom is -0.352 e. The highest BCUT2D eigenvalue weighted by molar-refractivity contribution is 5.79. The lowest BCUT2D eigenvalue weighted by molar-refractivity contribution is -0.125. The highest BCUT2D eigenvalue weighted by Crippen LogP contribution is 2.25. The second-order valence-corrected chi connectivity index (χ2v) is 4.70. The van der Waals surface area contributed by atoms with Crippen LogP contribution in [0.15, 0.2) is 0 Å². The van der Waals surface area contributed by atoms with E-state index in [4.69, 9.17) is 5.73 Å². The summed E-state index contributed by atoms with van der Waals surface area (Å²) < 4.78 is 0. The number of rotatable bonds is 2. The number of nitrogens with one attached hydrogen (secondary N) is 1. The minimum atomic E-state index is 0.227. The smallest absolute Gasteiger partial charge is 0.223 e. The highest BCUT2D eigenvalue weighted by Gasteiger charge is 2.36. The predicted molar refractivity (Wildman–Crippen MR) is 55.7 cm³/mol. The summed E-state index contributed by atoms with van der Waals surface area (Å²) in [5.41, 5.74) is 5.66. The van der Waals surface area contributed by atoms with E-state index < -0.39 is 0 Å². The first kappa shape index (κ1) is 9.97. The van der Waals surface area contributed by atoms with Gasteiger partial charge in [-0.05, 0) is 19.3 Å². The molecule has 2 fully saturated rings. The molecule has 0 bridgehead atoms. The van der Waals surface area contributed by atoms with Gasteiger partial charge in [-0.1, -0.05) is 25.7 Å². The molecule has 0 saturated heterocycles. The summed E-state index contributed by atoms with van der Waals surface area (Å²) in [4.78, 5) is 11.8. The molecule has 80 valence electrons. The number of amides is 1. The summed E-state index contributed by atoms with van der Waals surface area (Å²) in [5.74, 6) is 0.523. The summed E-state index contributed by atoms with van der Waals surface area (Å²) in [7, 11) is 0. The van der Waals surface area contributed by atoms with E-state index in [1.54, 1.807) is 0 Å². The van der Waals surface area contributed by atoms with Gasteiger partial charge < -0.3 is 11.1 Å². The van der Waals surface area contributed by atoms with Crippen LogP contribution in [0.5, 0.6) is 0 Å². The number of carbonyl (C=O) groups is 1. The van der Waals surface area contributed by atoms with Crippen LogP contribution < -0.4 is 11.1 Å². The van der Waals surface area contributed by atoms with Crippen LogP contribution in [-0.4, -0.2) is 18.0 Å². The van der Waals surface area contributed by atoms with Crippen LogP contribution in [-0.2, 0) is 4.79 Å². The molecule has 3 heteroatoms. The van der Waals surface area contributed by atoms with Gasteiger partial charge in [0, 0.05) is 18.0 Å². The van der Waals surface area contributed by atoms with Gasteiger partial charge >= 0.3 is 0 Å². The fourth-order valence-corrected chi connectivity index (χ4v) is 2.22. The molecule has 0 radical (unpaired) electrons. The van der Waals surface area contributed by atoms with Crippen molar-refractivity contribution in [3.8, 4) is 0 Å². The van der Waals surface area contributed by atoms with Crippen LogP contribution >= 0.6 is 0 Å². The number of nitrogens with two attached hydrogens (primary N) is 1. The Morgan fingerprint density at radius 3 is 2.21 bits per heavy atom. The van der Waals surface area contributed by atoms with Crippen molar-refractivity contribution >= 4 is 5.91 Å². The molecule has 0 aromatic rings. The van der Waals surface area contributed by atoms with Crippen molar-refractivity contribution in [2.75, 3.05) is 0 Å². The van der Waals surface area contributed by atoms with Gasteiger partial charge in [-0.2, -0.15) is 0 Å². The summed E-state index contributed by atoms with van der Waals surface area (Å²) in [6.07, 6.45) is 8.16. The van der Waals surface area contributed by atoms with Crippen molar-refractivity contribution in [2.45, 2.75) is 57.0 Å². The standard InChI is InChI=1S/C11H20N2O/c12-9-7-10(9)13-11(14)8-5-3-1-2-4-6-8/h8-10H,1-7,12H2,(H,13,14). The summed E-state index contributed by atoms with van der Waals surface area (Å²) >= 11 is 0. The Bertz CT molecular complexity index is 209. The zero-order valence-electron chi connectivity index (χ0n) is 8.67. The van der Waals surface area contributed by atoms with E-state index in [1.165, 1.54) is 25.7 Å². The first-order valence-electron chi connectivity index (χ1n) is 5.83. The van der Waals surface area contributed by atoms with Crippen LogP contribution in [0.25, 0.3) is 0 Å². The summed E-state index contributed by atoms with van der Waals surface area (Å²) in [6.45, 7) is 0. The SMILES string of the molecule is NC1CC1NC(=O)C1CCCCCC1. The average molecular weight is 196 g/mol. The van der Waals surface area contributed by atoms with Crippen molar-refractivity contribution in [3.63, 3.8) is 0 Å². The summed E-state index contributed by atoms with van der Waals surface area (Å²) in [5, 5.41) is 3.04. The Balaban J connectivity index is 1.77. The van der Waals surface area contributed by atoms with Crippen molar-refractivity contribution in [1.29, 1.82) is 0 Å². The molecule has 2 saturated carbocycles. The molecule has 2 unspecified atom stereocenters. The zero-order chi connectivity index (χ0) is 9.97. The Kier molecular flexibility index (Phi) is 3.06. The molecule has 2 atom stereocenters. The highest BCUT2D eigenvalue weighted by atomic mass is 16.2. The second-order valence-electron chi connectivity index (χ2n) is 4.70. The second kappa shape index (κ2) is 4.30. The van der Waals surface area contributed by atoms with Crippen LogP contribution in [0, 0.1) is 5.92 Å². The lowest BCUT2D eigenvalue weighted by atomic mass is 9.99. The number of carbonyl (C=O) groups excluding carboxylic acids is 1. The Morgan fingerprint density at radius 2 is 1.71 bits per heavy atom. The molecular weight excluding hydrogens is 176 g/mol. The Morgan fingerprint density at radius 1 is 1.14 bits per heavy atom. The van der Waals surface area contributed by atoms with E-state index >= 15 is 0 Å². The molecule has 0 aromatic heterocycles. The predicted octanol–water partition coefficient (Wildman–Crippen LogP) is 1.17. The molecule has 0 aromatic carbocycles. The van der Waals surface area contributed by atoms with E-state index in [2.05, 4.69) is 5.32 Å². The molecule has 1 amide bonds. The molecular formula is C11H20N2O. The monoisotopic (exact) mass is 196 g/mol. The minimum absolute atomic E-state index is 0.227. The van der Waals surface area contributed by atoms with Gasteiger partial charge in [-0.15, -0.1) is 0 Å². The van der Waals surface area contributed by atoms with E-state index in [1.807, 2.05) is 0 Å². The maximum atomic E-state index is 11.8. The average Bonchev–Trinajstić information content (AvgIpc) is 2.89. The number of hydrogen-bond donors (Lipinski definition) is 2. The van der Waals surface area contributed by atoms with Gasteiger partial charge in [-0.25, -0.2) is 0 Å². The van der Waals surface area contributed by atoms with Crippen molar-refractivity contribution in [2.24, 2.45) is 11.7 Å². The zero-order valence-corrected chi connectivity index (χ0v) is 8.67. The molecule has 2 aliphatic rings. The molecule has 0 heterocycles. The normalized spacial score (nSPS) is 33.5. The van der Waals surface area contributed by atoms with E-state index in [-0.39, 0.29) is 23.9 Å². The molecule has 2 rings (SSSR count). The maximum absolute atomic E-state index is 11.8. The molecule has 3 nitrogen and oxygen atoms in total. The Labute approximate surface area is 85.4 Å². The lowest BCUT2D eigenvalue weighted by Crippen LogP contribution is -2.34. The van der Waals surface area contributed by atoms with Gasteiger partial charge in [0.2, 0.25) is 5.91 Å². The van der Waals surface area contributed by atoms with Crippen molar-refractivity contribution in [1.82, 2.24) is 5.32 Å². The molecule has 14 heavy (non-hydrogen) atoms. The fourth-order valence-electron chi connectivity index (χ4n) is 2.22. The van der Waals surface area contributed by atoms with E-state index in [0.717, 1.165) is 19.3 Å². The maximum Gasteiger partial charge on any atom is 0.223 e. The molecule has 0 spiro atoms. The van der Waals surface area contributed by atoms with Crippen LogP contribution in [0.3, 0.4) is 0 Å². The van der Waals surface area contributed by atoms with Crippen molar-refractivity contribution in [3.05, 3.63) is 0 Å². The van der Waals surface area contributed by atoms with Gasteiger partial charge in [0.05, 0.1) is 0 Å². The molecule has 2 aliphatic carbocycles. The third kappa shape index (κ3) is 2.47. The van der Waals surface area contributed by atoms with Gasteiger partial charge in [0.15, 0.2) is 0 Å². The van der Waals surface area contributed by atoms with Gasteiger partial charge in [0.25, 0.3) is 0 Å². The quantitative estimate of drug-likeness (QED) is 0.651. The fraction of sp³-hybridized carbons (Fsp3) is 0.909. The third-order valence-electron chi connectivity index (χ3n) is 3.39. The summed E-state index contributed by atoms with van der Waals surface area (Å²) in [6, 6.07) is 0.510. The van der Waals surface area contributed by atoms with E-state index in [0.29, 0.717) is 0 Å². The van der Waals surface area contributed by atoms with Crippen LogP contribution in [0.4, 0.5) is 0 Å². The van der Waals surface area contributed by atoms with Gasteiger partial charge in [0.1, 0.15) is 0 Å². The van der Waals surface area contributed by atoms with Crippen LogP contribution in [0.1, 0.15) is 44.9 Å². The first-order valence-corrected chi connectivity index (χ1v) is 5.83. The Hall–Kier alpha value is -0.570. The number of hydrogen-bond acceptors (Lipinski definition) is 2. The topological polar surface area (TPSA) is 55.1 Å². The largest absolute Gasteiger partial charge is 0.352 e. The molecule has 3 N–H and O–H groups in total. The van der Waals surface area contributed by atoms with Gasteiger partial charge in [-0.3, -0.25) is 4.79 Å². The van der Waals surface area contributed by atoms with E-state index in [9.17, 15) is 4.79 Å². The van der Waals surface area contributed by atoms with Crippen molar-refractivity contribution < 1.29 is 4.79 Å². The van der Waals surface area contributed by atoms with Crippen LogP contribution in [0.2, 0.25) is 0 Å². The third-order valence-corrected chi connectivity index (χ3v) is 3.39. The lowest BCUT2D eigenvalue weighted by Gasteiger charge is -2.13. The first-order chi connectivity index (χ1) is 6.77. The molecule has 0 aliphatic heterocycles.